The lowest BCUT2D eigenvalue weighted by atomic mass is 10.1. The molecule has 0 spiro atoms. The highest BCUT2D eigenvalue weighted by atomic mass is 32.1. The third-order valence-corrected chi connectivity index (χ3v) is 4.10. The smallest absolute Gasteiger partial charge is 0.223 e. The van der Waals surface area contributed by atoms with Crippen molar-refractivity contribution in [3.63, 3.8) is 0 Å². The summed E-state index contributed by atoms with van der Waals surface area (Å²) >= 11 is 1.57. The zero-order valence-corrected chi connectivity index (χ0v) is 11.8. The average molecular weight is 282 g/mol. The second kappa shape index (κ2) is 5.28. The predicted octanol–water partition coefficient (Wildman–Crippen LogP) is 0.991. The molecule has 2 aromatic heterocycles. The number of aliphatic hydroxyl groups is 2. The standard InChI is InChI=1S/C12H18N4O2S/c1-3-7-4-8-9(16-12(2,5-17)6-18)14-11(13)15-10(8)19-7/h4,17-18H,3,5-6H2,1-2H3,(H3,13,14,15,16). The number of aliphatic hydroxyl groups excluding tert-OH is 2. The molecule has 0 bridgehead atoms. The lowest BCUT2D eigenvalue weighted by Crippen LogP contribution is -2.42. The van der Waals surface area contributed by atoms with Gasteiger partial charge >= 0.3 is 0 Å². The zero-order valence-electron chi connectivity index (χ0n) is 11.0. The van der Waals surface area contributed by atoms with Crippen LogP contribution in [0.3, 0.4) is 0 Å². The van der Waals surface area contributed by atoms with Crippen LogP contribution in [0.2, 0.25) is 0 Å². The Morgan fingerprint density at radius 3 is 2.63 bits per heavy atom. The Labute approximate surface area is 115 Å². The molecule has 0 aliphatic heterocycles. The number of thiophene rings is 1. The maximum atomic E-state index is 9.34. The predicted molar refractivity (Wildman–Crippen MR) is 77.4 cm³/mol. The summed E-state index contributed by atoms with van der Waals surface area (Å²) in [5.74, 6) is 0.724. The van der Waals surface area contributed by atoms with Crippen molar-refractivity contribution in [1.29, 1.82) is 0 Å². The van der Waals surface area contributed by atoms with Crippen LogP contribution >= 0.6 is 11.3 Å². The first-order chi connectivity index (χ1) is 9.01. The van der Waals surface area contributed by atoms with Crippen molar-refractivity contribution < 1.29 is 10.2 Å². The van der Waals surface area contributed by atoms with E-state index in [0.717, 1.165) is 16.6 Å². The lowest BCUT2D eigenvalue weighted by molar-refractivity contribution is 0.147. The molecule has 0 aliphatic carbocycles. The summed E-state index contributed by atoms with van der Waals surface area (Å²) in [6.45, 7) is 3.36. The highest BCUT2D eigenvalue weighted by Crippen LogP contribution is 2.31. The van der Waals surface area contributed by atoms with Crippen molar-refractivity contribution in [2.45, 2.75) is 25.8 Å². The second-order valence-corrected chi connectivity index (χ2v) is 5.83. The van der Waals surface area contributed by atoms with Gasteiger partial charge in [0.15, 0.2) is 0 Å². The fourth-order valence-electron chi connectivity index (χ4n) is 1.67. The fourth-order valence-corrected chi connectivity index (χ4v) is 2.65. The maximum absolute atomic E-state index is 9.34. The first-order valence-electron chi connectivity index (χ1n) is 6.07. The molecule has 0 atom stereocenters. The first kappa shape index (κ1) is 14.0. The fraction of sp³-hybridized carbons (Fsp3) is 0.500. The molecule has 2 aromatic rings. The quantitative estimate of drug-likeness (QED) is 0.652. The van der Waals surface area contributed by atoms with Gasteiger partial charge in [-0.1, -0.05) is 6.92 Å². The summed E-state index contributed by atoms with van der Waals surface area (Å²) in [4.78, 5) is 10.4. The molecule has 0 unspecified atom stereocenters. The van der Waals surface area contributed by atoms with Gasteiger partial charge < -0.3 is 21.3 Å². The van der Waals surface area contributed by atoms with Crippen molar-refractivity contribution in [2.75, 3.05) is 24.3 Å². The minimum absolute atomic E-state index is 0.178. The molecule has 2 rings (SSSR count). The first-order valence-corrected chi connectivity index (χ1v) is 6.89. The van der Waals surface area contributed by atoms with Gasteiger partial charge in [-0.15, -0.1) is 11.3 Å². The molecule has 7 heteroatoms. The van der Waals surface area contributed by atoms with E-state index in [-0.39, 0.29) is 19.2 Å². The monoisotopic (exact) mass is 282 g/mol. The van der Waals surface area contributed by atoms with Gasteiger partial charge in [-0.2, -0.15) is 4.98 Å². The zero-order chi connectivity index (χ0) is 14.0. The van der Waals surface area contributed by atoms with E-state index < -0.39 is 5.54 Å². The summed E-state index contributed by atoms with van der Waals surface area (Å²) in [5, 5.41) is 22.6. The van der Waals surface area contributed by atoms with E-state index in [9.17, 15) is 10.2 Å². The number of nitrogens with one attached hydrogen (secondary N) is 1. The van der Waals surface area contributed by atoms with Gasteiger partial charge in [0.2, 0.25) is 5.95 Å². The van der Waals surface area contributed by atoms with E-state index in [4.69, 9.17) is 5.73 Å². The van der Waals surface area contributed by atoms with E-state index in [2.05, 4.69) is 22.2 Å². The van der Waals surface area contributed by atoms with Gasteiger partial charge in [0.25, 0.3) is 0 Å². The van der Waals surface area contributed by atoms with Crippen LogP contribution in [0.15, 0.2) is 6.07 Å². The summed E-state index contributed by atoms with van der Waals surface area (Å²) < 4.78 is 0. The second-order valence-electron chi connectivity index (χ2n) is 4.72. The number of fused-ring (bicyclic) bond motifs is 1. The summed E-state index contributed by atoms with van der Waals surface area (Å²) in [5.41, 5.74) is 4.85. The van der Waals surface area contributed by atoms with Crippen molar-refractivity contribution in [3.8, 4) is 0 Å². The van der Waals surface area contributed by atoms with E-state index in [1.165, 1.54) is 4.88 Å². The van der Waals surface area contributed by atoms with Crippen LogP contribution in [0.25, 0.3) is 10.2 Å². The van der Waals surface area contributed by atoms with E-state index >= 15 is 0 Å². The molecule has 5 N–H and O–H groups in total. The Kier molecular flexibility index (Phi) is 3.88. The third kappa shape index (κ3) is 2.78. The molecule has 0 aromatic carbocycles. The third-order valence-electron chi connectivity index (χ3n) is 2.93. The van der Waals surface area contributed by atoms with Gasteiger partial charge in [0, 0.05) is 4.88 Å². The Morgan fingerprint density at radius 2 is 2.05 bits per heavy atom. The Morgan fingerprint density at radius 1 is 1.37 bits per heavy atom. The van der Waals surface area contributed by atoms with E-state index in [0.29, 0.717) is 5.82 Å². The van der Waals surface area contributed by atoms with E-state index in [1.807, 2.05) is 6.07 Å². The van der Waals surface area contributed by atoms with Gasteiger partial charge in [-0.3, -0.25) is 0 Å². The van der Waals surface area contributed by atoms with Gasteiger partial charge in [0.05, 0.1) is 24.1 Å². The van der Waals surface area contributed by atoms with Crippen LogP contribution in [0.5, 0.6) is 0 Å². The van der Waals surface area contributed by atoms with Crippen molar-refractivity contribution in [2.24, 2.45) is 0 Å². The van der Waals surface area contributed by atoms with Crippen LogP contribution in [-0.4, -0.2) is 38.9 Å². The normalized spacial score (nSPS) is 12.0. The number of nitrogens with two attached hydrogens (primary N) is 1. The molecule has 0 saturated heterocycles. The number of aryl methyl sites for hydroxylation is 1. The molecule has 0 amide bonds. The molecule has 2 heterocycles. The van der Waals surface area contributed by atoms with Crippen molar-refractivity contribution in [3.05, 3.63) is 10.9 Å². The molecule has 19 heavy (non-hydrogen) atoms. The molecule has 0 aliphatic rings. The topological polar surface area (TPSA) is 104 Å². The van der Waals surface area contributed by atoms with Crippen LogP contribution in [0, 0.1) is 0 Å². The number of aromatic nitrogens is 2. The SMILES string of the molecule is CCc1cc2c(NC(C)(CO)CO)nc(N)nc2s1. The van der Waals surface area contributed by atoms with Gasteiger partial charge in [0.1, 0.15) is 10.6 Å². The maximum Gasteiger partial charge on any atom is 0.223 e. The Bertz CT molecular complexity index is 580. The van der Waals surface area contributed by atoms with Crippen LogP contribution in [0.1, 0.15) is 18.7 Å². The van der Waals surface area contributed by atoms with Crippen LogP contribution in [0.4, 0.5) is 11.8 Å². The number of rotatable bonds is 5. The molecule has 0 radical (unpaired) electrons. The summed E-state index contributed by atoms with van der Waals surface area (Å²) in [6.07, 6.45) is 0.914. The largest absolute Gasteiger partial charge is 0.394 e. The molecule has 0 fully saturated rings. The van der Waals surface area contributed by atoms with Gasteiger partial charge in [-0.05, 0) is 19.4 Å². The molecule has 0 saturated carbocycles. The number of nitrogen functional groups attached to an aromatic ring is 1. The number of anilines is 2. The summed E-state index contributed by atoms with van der Waals surface area (Å²) in [7, 11) is 0. The highest BCUT2D eigenvalue weighted by molar-refractivity contribution is 7.18. The molecule has 6 nitrogen and oxygen atoms in total. The summed E-state index contributed by atoms with van der Waals surface area (Å²) in [6, 6.07) is 2.01. The van der Waals surface area contributed by atoms with Crippen LogP contribution < -0.4 is 11.1 Å². The minimum atomic E-state index is -0.845. The van der Waals surface area contributed by atoms with Crippen LogP contribution in [-0.2, 0) is 6.42 Å². The molecular weight excluding hydrogens is 264 g/mol. The highest BCUT2D eigenvalue weighted by Gasteiger charge is 2.24. The van der Waals surface area contributed by atoms with Crippen molar-refractivity contribution >= 4 is 33.3 Å². The average Bonchev–Trinajstić information content (AvgIpc) is 2.81. The minimum Gasteiger partial charge on any atom is -0.394 e. The van der Waals surface area contributed by atoms with Gasteiger partial charge in [-0.25, -0.2) is 4.98 Å². The lowest BCUT2D eigenvalue weighted by Gasteiger charge is -2.27. The number of hydrogen-bond donors (Lipinski definition) is 4. The molecular formula is C12H18N4O2S. The van der Waals surface area contributed by atoms with Crippen molar-refractivity contribution in [1.82, 2.24) is 9.97 Å². The van der Waals surface area contributed by atoms with E-state index in [1.54, 1.807) is 18.3 Å². The Balaban J connectivity index is 2.49. The number of hydrogen-bond acceptors (Lipinski definition) is 7. The number of nitrogens with zero attached hydrogens (tertiary/aromatic N) is 2. The Hall–Kier alpha value is -1.44. The molecule has 104 valence electrons.